The van der Waals surface area contributed by atoms with Gasteiger partial charge in [0.25, 0.3) is 0 Å². The van der Waals surface area contributed by atoms with E-state index in [1.807, 2.05) is 11.9 Å². The van der Waals surface area contributed by atoms with Gasteiger partial charge in [0.15, 0.2) is 6.17 Å². The molecule has 0 bridgehead atoms. The molecule has 1 aromatic rings. The second-order valence-corrected chi connectivity index (χ2v) is 9.35. The lowest BCUT2D eigenvalue weighted by molar-refractivity contribution is -0.146. The normalized spacial score (nSPS) is 22.2. The van der Waals surface area contributed by atoms with Gasteiger partial charge in [-0.1, -0.05) is 59.7 Å². The predicted molar refractivity (Wildman–Crippen MR) is 103 cm³/mol. The maximum Gasteiger partial charge on any atom is 0.338 e. The summed E-state index contributed by atoms with van der Waals surface area (Å²) in [6.45, 7) is 14.4. The molecule has 0 saturated carbocycles. The SMILES string of the molecule is COC(=O)C1N[C@H](Cc2cc(C(C)(C)C)cc(C(C)(C)C)c2)CN1C. The summed E-state index contributed by atoms with van der Waals surface area (Å²) >= 11 is 0. The monoisotopic (exact) mass is 346 g/mol. The average molecular weight is 347 g/mol. The van der Waals surface area contributed by atoms with Crippen LogP contribution in [0.2, 0.25) is 0 Å². The summed E-state index contributed by atoms with van der Waals surface area (Å²) in [4.78, 5) is 13.9. The molecule has 1 N–H and O–H groups in total. The van der Waals surface area contributed by atoms with Crippen molar-refractivity contribution in [1.29, 1.82) is 0 Å². The summed E-state index contributed by atoms with van der Waals surface area (Å²) in [6.07, 6.45) is 0.563. The van der Waals surface area contributed by atoms with Crippen molar-refractivity contribution in [3.63, 3.8) is 0 Å². The minimum Gasteiger partial charge on any atom is -0.467 e. The minimum atomic E-state index is -0.345. The van der Waals surface area contributed by atoms with Crippen molar-refractivity contribution in [3.8, 4) is 0 Å². The van der Waals surface area contributed by atoms with Gasteiger partial charge in [-0.3, -0.25) is 10.2 Å². The van der Waals surface area contributed by atoms with Gasteiger partial charge >= 0.3 is 5.97 Å². The maximum atomic E-state index is 11.9. The third-order valence-corrected chi connectivity index (χ3v) is 4.97. The van der Waals surface area contributed by atoms with Crippen molar-refractivity contribution in [3.05, 3.63) is 34.9 Å². The van der Waals surface area contributed by atoms with Gasteiger partial charge in [-0.05, 0) is 41.0 Å². The molecule has 0 spiro atoms. The van der Waals surface area contributed by atoms with Crippen molar-refractivity contribution in [2.45, 2.75) is 71.0 Å². The fraction of sp³-hybridized carbons (Fsp3) is 0.667. The molecule has 1 aliphatic rings. The first-order valence-corrected chi connectivity index (χ1v) is 9.11. The van der Waals surface area contributed by atoms with Crippen LogP contribution >= 0.6 is 0 Å². The number of carbonyl (C=O) groups is 1. The molecule has 140 valence electrons. The number of hydrogen-bond donors (Lipinski definition) is 1. The van der Waals surface area contributed by atoms with E-state index in [-0.39, 0.29) is 29.0 Å². The Morgan fingerprint density at radius 3 is 2.08 bits per heavy atom. The van der Waals surface area contributed by atoms with Gasteiger partial charge in [0.05, 0.1) is 7.11 Å². The molecule has 1 heterocycles. The van der Waals surface area contributed by atoms with Crippen LogP contribution in [-0.2, 0) is 26.8 Å². The number of likely N-dealkylation sites (N-methyl/N-ethyl adjacent to an activating group) is 1. The van der Waals surface area contributed by atoms with E-state index in [9.17, 15) is 4.79 Å². The largest absolute Gasteiger partial charge is 0.467 e. The number of benzene rings is 1. The topological polar surface area (TPSA) is 41.6 Å². The zero-order chi connectivity index (χ0) is 19.0. The van der Waals surface area contributed by atoms with Crippen LogP contribution in [0.3, 0.4) is 0 Å². The molecule has 4 nitrogen and oxygen atoms in total. The number of ether oxygens (including phenoxy) is 1. The molecule has 0 radical (unpaired) electrons. The van der Waals surface area contributed by atoms with Gasteiger partial charge in [0, 0.05) is 12.6 Å². The van der Waals surface area contributed by atoms with Gasteiger partial charge in [-0.15, -0.1) is 0 Å². The van der Waals surface area contributed by atoms with E-state index in [2.05, 4.69) is 65.1 Å². The average Bonchev–Trinajstić information content (AvgIpc) is 2.85. The van der Waals surface area contributed by atoms with E-state index in [0.717, 1.165) is 13.0 Å². The van der Waals surface area contributed by atoms with Gasteiger partial charge in [0.2, 0.25) is 0 Å². The minimum absolute atomic E-state index is 0.116. The molecule has 1 unspecified atom stereocenters. The van der Waals surface area contributed by atoms with E-state index < -0.39 is 0 Å². The maximum absolute atomic E-state index is 11.9. The van der Waals surface area contributed by atoms with Crippen molar-refractivity contribution < 1.29 is 9.53 Å². The first-order chi connectivity index (χ1) is 11.4. The van der Waals surface area contributed by atoms with E-state index >= 15 is 0 Å². The van der Waals surface area contributed by atoms with Crippen molar-refractivity contribution in [2.75, 3.05) is 20.7 Å². The molecule has 4 heteroatoms. The van der Waals surface area contributed by atoms with Gasteiger partial charge < -0.3 is 4.74 Å². The fourth-order valence-corrected chi connectivity index (χ4v) is 3.30. The Hall–Kier alpha value is -1.39. The van der Waals surface area contributed by atoms with Crippen LogP contribution in [0.25, 0.3) is 0 Å². The Morgan fingerprint density at radius 2 is 1.64 bits per heavy atom. The Bertz CT molecular complexity index is 594. The number of nitrogens with one attached hydrogen (secondary N) is 1. The van der Waals surface area contributed by atoms with Crippen LogP contribution in [-0.4, -0.2) is 43.8 Å². The molecule has 1 aromatic carbocycles. The number of methoxy groups -OCH3 is 1. The van der Waals surface area contributed by atoms with Crippen LogP contribution < -0.4 is 5.32 Å². The number of carbonyl (C=O) groups excluding carboxylic acids is 1. The summed E-state index contributed by atoms with van der Waals surface area (Å²) in [5.41, 5.74) is 4.29. The van der Waals surface area contributed by atoms with Crippen LogP contribution in [0.4, 0.5) is 0 Å². The highest BCUT2D eigenvalue weighted by Gasteiger charge is 2.34. The van der Waals surface area contributed by atoms with E-state index in [4.69, 9.17) is 4.74 Å². The molecule has 1 aliphatic heterocycles. The standard InChI is InChI=1S/C21H34N2O2/c1-20(2,3)15-9-14(10-16(12-15)21(4,5)6)11-17-13-23(7)18(22-17)19(24)25-8/h9-10,12,17-18,22H,11,13H2,1-8H3/t17-,18?/m1/s1. The van der Waals surface area contributed by atoms with Crippen molar-refractivity contribution >= 4 is 5.97 Å². The molecule has 25 heavy (non-hydrogen) atoms. The lowest BCUT2D eigenvalue weighted by atomic mass is 9.79. The molecule has 0 aliphatic carbocycles. The van der Waals surface area contributed by atoms with E-state index in [0.29, 0.717) is 0 Å². The van der Waals surface area contributed by atoms with Crippen LogP contribution in [0.1, 0.15) is 58.2 Å². The highest BCUT2D eigenvalue weighted by Crippen LogP contribution is 2.31. The van der Waals surface area contributed by atoms with Crippen LogP contribution in [0, 0.1) is 0 Å². The molecule has 2 atom stereocenters. The molecular formula is C21H34N2O2. The lowest BCUT2D eigenvalue weighted by Gasteiger charge is -2.26. The molecular weight excluding hydrogens is 312 g/mol. The molecule has 0 amide bonds. The van der Waals surface area contributed by atoms with Gasteiger partial charge in [-0.2, -0.15) is 0 Å². The summed E-state index contributed by atoms with van der Waals surface area (Å²) < 4.78 is 4.89. The fourth-order valence-electron chi connectivity index (χ4n) is 3.30. The summed E-state index contributed by atoms with van der Waals surface area (Å²) in [5.74, 6) is -0.219. The lowest BCUT2D eigenvalue weighted by Crippen LogP contribution is -2.42. The number of nitrogens with zero attached hydrogens (tertiary/aromatic N) is 1. The Balaban J connectivity index is 2.26. The first-order valence-electron chi connectivity index (χ1n) is 9.11. The third-order valence-electron chi connectivity index (χ3n) is 4.97. The van der Waals surface area contributed by atoms with E-state index in [1.54, 1.807) is 0 Å². The predicted octanol–water partition coefficient (Wildman–Crippen LogP) is 3.23. The number of hydrogen-bond acceptors (Lipinski definition) is 4. The second kappa shape index (κ2) is 7.08. The summed E-state index contributed by atoms with van der Waals surface area (Å²) in [6, 6.07) is 7.23. The molecule has 1 fully saturated rings. The zero-order valence-electron chi connectivity index (χ0n) is 17.1. The van der Waals surface area contributed by atoms with Crippen LogP contribution in [0.5, 0.6) is 0 Å². The Kier molecular flexibility index (Phi) is 5.65. The first kappa shape index (κ1) is 19.9. The zero-order valence-corrected chi connectivity index (χ0v) is 17.1. The molecule has 2 rings (SSSR count). The molecule has 1 saturated heterocycles. The number of esters is 1. The molecule has 0 aromatic heterocycles. The van der Waals surface area contributed by atoms with Gasteiger partial charge in [0.1, 0.15) is 0 Å². The third kappa shape index (κ3) is 4.83. The van der Waals surface area contributed by atoms with Gasteiger partial charge in [-0.25, -0.2) is 4.79 Å². The van der Waals surface area contributed by atoms with Crippen molar-refractivity contribution in [2.24, 2.45) is 0 Å². The Morgan fingerprint density at radius 1 is 1.12 bits per heavy atom. The van der Waals surface area contributed by atoms with Crippen molar-refractivity contribution in [1.82, 2.24) is 10.2 Å². The smallest absolute Gasteiger partial charge is 0.338 e. The highest BCUT2D eigenvalue weighted by atomic mass is 16.5. The summed E-state index contributed by atoms with van der Waals surface area (Å²) in [7, 11) is 3.40. The quantitative estimate of drug-likeness (QED) is 0.853. The summed E-state index contributed by atoms with van der Waals surface area (Å²) in [5, 5.41) is 3.41. The highest BCUT2D eigenvalue weighted by molar-refractivity contribution is 5.75. The second-order valence-electron chi connectivity index (χ2n) is 9.35. The number of rotatable bonds is 3. The Labute approximate surface area is 152 Å². The van der Waals surface area contributed by atoms with Crippen LogP contribution in [0.15, 0.2) is 18.2 Å². The van der Waals surface area contributed by atoms with E-state index in [1.165, 1.54) is 23.8 Å².